The fourth-order valence-electron chi connectivity index (χ4n) is 3.18. The highest BCUT2D eigenvalue weighted by Crippen LogP contribution is 2.28. The van der Waals surface area contributed by atoms with Crippen molar-refractivity contribution >= 4 is 12.1 Å². The number of hydrogen-bond donors (Lipinski definition) is 2. The molecule has 7 nitrogen and oxygen atoms in total. The molecular weight excluding hydrogens is 427 g/mol. The molecule has 32 heavy (non-hydrogen) atoms. The van der Waals surface area contributed by atoms with Gasteiger partial charge in [0.25, 0.3) is 0 Å². The van der Waals surface area contributed by atoms with E-state index >= 15 is 0 Å². The first-order chi connectivity index (χ1) is 14.8. The van der Waals surface area contributed by atoms with Crippen molar-refractivity contribution in [2.45, 2.75) is 57.7 Å². The first-order valence-corrected chi connectivity index (χ1v) is 10.2. The Bertz CT molecular complexity index is 884. The van der Waals surface area contributed by atoms with E-state index in [0.29, 0.717) is 5.92 Å². The van der Waals surface area contributed by atoms with Gasteiger partial charge in [-0.3, -0.25) is 5.10 Å². The number of piperidine rings is 1. The Kier molecular flexibility index (Phi) is 8.29. The van der Waals surface area contributed by atoms with Crippen LogP contribution in [0, 0.1) is 0 Å². The fraction of sp³-hybridized carbons (Fsp3) is 0.500. The van der Waals surface area contributed by atoms with Crippen molar-refractivity contribution in [3.63, 3.8) is 0 Å². The highest BCUT2D eigenvalue weighted by molar-refractivity contribution is 5.73. The van der Waals surface area contributed by atoms with Gasteiger partial charge in [0.2, 0.25) is 0 Å². The zero-order valence-electron chi connectivity index (χ0n) is 18.3. The van der Waals surface area contributed by atoms with Crippen molar-refractivity contribution in [2.24, 2.45) is 0 Å². The number of nitrogens with zero attached hydrogens (tertiary/aromatic N) is 2. The van der Waals surface area contributed by atoms with Gasteiger partial charge in [-0.15, -0.1) is 0 Å². The van der Waals surface area contributed by atoms with Gasteiger partial charge < -0.3 is 14.7 Å². The second kappa shape index (κ2) is 10.5. The number of aliphatic carboxylic acids is 1. The Morgan fingerprint density at radius 1 is 1.16 bits per heavy atom. The highest BCUT2D eigenvalue weighted by atomic mass is 19.4. The van der Waals surface area contributed by atoms with Crippen LogP contribution >= 0.6 is 0 Å². The summed E-state index contributed by atoms with van der Waals surface area (Å²) in [6, 6.07) is 12.6. The molecule has 1 aliphatic heterocycles. The molecule has 0 spiro atoms. The quantitative estimate of drug-likeness (QED) is 0.697. The lowest BCUT2D eigenvalue weighted by Gasteiger charge is -2.32. The largest absolute Gasteiger partial charge is 0.490 e. The molecule has 1 amide bonds. The Morgan fingerprint density at radius 2 is 1.72 bits per heavy atom. The Hall–Kier alpha value is -3.04. The second-order valence-electron chi connectivity index (χ2n) is 8.52. The van der Waals surface area contributed by atoms with Crippen molar-refractivity contribution in [1.82, 2.24) is 15.1 Å². The van der Waals surface area contributed by atoms with Gasteiger partial charge in [-0.1, -0.05) is 30.3 Å². The van der Waals surface area contributed by atoms with Crippen LogP contribution in [0.4, 0.5) is 18.0 Å². The molecule has 0 atom stereocenters. The number of carbonyl (C=O) groups excluding carboxylic acids is 1. The van der Waals surface area contributed by atoms with E-state index in [0.717, 1.165) is 43.7 Å². The smallest absolute Gasteiger partial charge is 0.475 e. The highest BCUT2D eigenvalue weighted by Gasteiger charge is 2.38. The minimum atomic E-state index is -5.08. The van der Waals surface area contributed by atoms with Crippen molar-refractivity contribution in [3.05, 3.63) is 53.3 Å². The number of carboxylic acid groups (broad SMARTS) is 1. The summed E-state index contributed by atoms with van der Waals surface area (Å²) in [5.74, 6) is -2.35. The zero-order chi connectivity index (χ0) is 23.9. The summed E-state index contributed by atoms with van der Waals surface area (Å²) in [5, 5.41) is 14.8. The Balaban J connectivity index is 0.000000451. The molecule has 1 aromatic heterocycles. The second-order valence-corrected chi connectivity index (χ2v) is 8.52. The number of hydrogen-bond acceptors (Lipinski definition) is 4. The van der Waals surface area contributed by atoms with Crippen LogP contribution in [0.2, 0.25) is 0 Å². The van der Waals surface area contributed by atoms with Crippen LogP contribution in [0.15, 0.2) is 36.4 Å². The predicted octanol–water partition coefficient (Wildman–Crippen LogP) is 4.75. The summed E-state index contributed by atoms with van der Waals surface area (Å²) in [6.07, 6.45) is -2.58. The first-order valence-electron chi connectivity index (χ1n) is 10.2. The lowest BCUT2D eigenvalue weighted by atomic mass is 9.93. The van der Waals surface area contributed by atoms with Gasteiger partial charge in [0.15, 0.2) is 0 Å². The summed E-state index contributed by atoms with van der Waals surface area (Å²) in [5.41, 5.74) is 3.07. The molecule has 2 N–H and O–H groups in total. The maximum atomic E-state index is 12.1. The molecule has 1 aromatic carbocycles. The molecule has 0 saturated carbocycles. The number of likely N-dealkylation sites (tertiary alicyclic amines) is 1. The minimum absolute atomic E-state index is 0.210. The first kappa shape index (κ1) is 25.2. The number of halogens is 3. The molecule has 0 bridgehead atoms. The lowest BCUT2D eigenvalue weighted by molar-refractivity contribution is -0.192. The maximum Gasteiger partial charge on any atom is 0.490 e. The Labute approximate surface area is 184 Å². The average molecular weight is 455 g/mol. The number of amides is 1. The van der Waals surface area contributed by atoms with Crippen molar-refractivity contribution in [2.75, 3.05) is 13.1 Å². The predicted molar refractivity (Wildman–Crippen MR) is 111 cm³/mol. The Morgan fingerprint density at radius 3 is 2.22 bits per heavy atom. The number of rotatable bonds is 3. The number of aromatic nitrogens is 2. The van der Waals surface area contributed by atoms with Gasteiger partial charge in [-0.2, -0.15) is 18.3 Å². The molecule has 3 rings (SSSR count). The minimum Gasteiger partial charge on any atom is -0.475 e. The maximum absolute atomic E-state index is 12.1. The van der Waals surface area contributed by atoms with Crippen LogP contribution in [-0.2, 0) is 16.0 Å². The average Bonchev–Trinajstić information content (AvgIpc) is 3.16. The third-order valence-electron chi connectivity index (χ3n) is 4.70. The topological polar surface area (TPSA) is 95.5 Å². The van der Waals surface area contributed by atoms with Crippen molar-refractivity contribution in [3.8, 4) is 0 Å². The normalized spacial score (nSPS) is 15.0. The van der Waals surface area contributed by atoms with Gasteiger partial charge in [-0.05, 0) is 45.2 Å². The monoisotopic (exact) mass is 455 g/mol. The summed E-state index contributed by atoms with van der Waals surface area (Å²) in [6.45, 7) is 7.14. The van der Waals surface area contributed by atoms with Gasteiger partial charge in [0, 0.05) is 31.1 Å². The molecule has 2 aromatic rings. The fourth-order valence-corrected chi connectivity index (χ4v) is 3.18. The van der Waals surface area contributed by atoms with E-state index in [-0.39, 0.29) is 6.09 Å². The standard InChI is InChI=1S/C20H27N3O2.C2HF3O2/c1-20(2,3)25-19(24)23-11-9-16(10-12-23)18-14-17(21-22-18)13-15-7-5-4-6-8-15;3-2(4,5)1(6)7/h4-8,14,16H,9-13H2,1-3H3,(H,21,22);(H,6,7). The van der Waals surface area contributed by atoms with E-state index in [1.807, 2.05) is 26.8 Å². The molecule has 0 aliphatic carbocycles. The molecule has 176 valence electrons. The molecule has 10 heteroatoms. The number of aromatic amines is 1. The third-order valence-corrected chi connectivity index (χ3v) is 4.70. The van der Waals surface area contributed by atoms with E-state index in [1.165, 1.54) is 5.56 Å². The molecule has 1 aliphatic rings. The molecule has 0 unspecified atom stereocenters. The van der Waals surface area contributed by atoms with Gasteiger partial charge in [0.1, 0.15) is 5.60 Å². The van der Waals surface area contributed by atoms with Crippen LogP contribution in [0.1, 0.15) is 56.5 Å². The molecule has 1 saturated heterocycles. The number of alkyl halides is 3. The van der Waals surface area contributed by atoms with E-state index in [4.69, 9.17) is 14.6 Å². The SMILES string of the molecule is CC(C)(C)OC(=O)N1CCC(c2cc(Cc3ccccc3)[nH]n2)CC1.O=C(O)C(F)(F)F. The summed E-state index contributed by atoms with van der Waals surface area (Å²) >= 11 is 0. The molecule has 2 heterocycles. The van der Waals surface area contributed by atoms with Crippen LogP contribution in [-0.4, -0.2) is 57.1 Å². The van der Waals surface area contributed by atoms with Gasteiger partial charge in [-0.25, -0.2) is 9.59 Å². The molecule has 1 fully saturated rings. The van der Waals surface area contributed by atoms with Gasteiger partial charge >= 0.3 is 18.2 Å². The summed E-state index contributed by atoms with van der Waals surface area (Å²) in [7, 11) is 0. The van der Waals surface area contributed by atoms with Crippen LogP contribution in [0.25, 0.3) is 0 Å². The third kappa shape index (κ3) is 8.24. The van der Waals surface area contributed by atoms with E-state index < -0.39 is 17.7 Å². The number of H-pyrrole nitrogens is 1. The zero-order valence-corrected chi connectivity index (χ0v) is 18.3. The lowest BCUT2D eigenvalue weighted by Crippen LogP contribution is -2.41. The number of carboxylic acids is 1. The van der Waals surface area contributed by atoms with Crippen molar-refractivity contribution in [1.29, 1.82) is 0 Å². The van der Waals surface area contributed by atoms with Crippen LogP contribution in [0.3, 0.4) is 0 Å². The number of nitrogens with one attached hydrogen (secondary N) is 1. The summed E-state index contributed by atoms with van der Waals surface area (Å²) in [4.78, 5) is 22.8. The number of ether oxygens (including phenoxy) is 1. The number of carbonyl (C=O) groups is 2. The van der Waals surface area contributed by atoms with Crippen LogP contribution in [0.5, 0.6) is 0 Å². The molecule has 0 radical (unpaired) electrons. The van der Waals surface area contributed by atoms with E-state index in [1.54, 1.807) is 4.90 Å². The van der Waals surface area contributed by atoms with Crippen LogP contribution < -0.4 is 0 Å². The van der Waals surface area contributed by atoms with Gasteiger partial charge in [0.05, 0.1) is 5.69 Å². The van der Waals surface area contributed by atoms with E-state index in [9.17, 15) is 18.0 Å². The summed E-state index contributed by atoms with van der Waals surface area (Å²) < 4.78 is 37.2. The number of benzene rings is 1. The van der Waals surface area contributed by atoms with E-state index in [2.05, 4.69) is 40.5 Å². The molecular formula is C22H28F3N3O4. The van der Waals surface area contributed by atoms with Crippen molar-refractivity contribution < 1.29 is 32.6 Å².